The van der Waals surface area contributed by atoms with Crippen LogP contribution in [0.5, 0.6) is 0 Å². The second-order valence-corrected chi connectivity index (χ2v) is 6.94. The fourth-order valence-electron chi connectivity index (χ4n) is 2.52. The van der Waals surface area contributed by atoms with Gasteiger partial charge in [-0.3, -0.25) is 0 Å². The summed E-state index contributed by atoms with van der Waals surface area (Å²) in [6.07, 6.45) is 10.5. The number of hydrogen-bond acceptors (Lipinski definition) is 3. The van der Waals surface area contributed by atoms with Crippen molar-refractivity contribution in [2.24, 2.45) is 5.92 Å². The maximum Gasteiger partial charge on any atom is 0.0967 e. The number of allylic oxidation sites excluding steroid dienone is 1. The maximum atomic E-state index is 5.42. The van der Waals surface area contributed by atoms with E-state index in [1.54, 1.807) is 0 Å². The molecule has 2 nitrogen and oxygen atoms in total. The summed E-state index contributed by atoms with van der Waals surface area (Å²) in [6, 6.07) is 0. The summed E-state index contributed by atoms with van der Waals surface area (Å²) in [5.41, 5.74) is 1.24. The number of nitrogens with zero attached hydrogens (tertiary/aromatic N) is 1. The van der Waals surface area contributed by atoms with Gasteiger partial charge in [0.25, 0.3) is 0 Å². The summed E-state index contributed by atoms with van der Waals surface area (Å²) < 4.78 is 5.42. The van der Waals surface area contributed by atoms with Gasteiger partial charge in [0, 0.05) is 24.0 Å². The van der Waals surface area contributed by atoms with Crippen molar-refractivity contribution in [2.45, 2.75) is 72.6 Å². The number of fused-ring (bicyclic) bond motifs is 1. The number of rotatable bonds is 1. The number of thiazole rings is 1. The first-order chi connectivity index (χ1) is 10.7. The lowest BCUT2D eigenvalue weighted by Crippen LogP contribution is -2.13. The fraction of sp³-hybridized carbons (Fsp3) is 0.737. The van der Waals surface area contributed by atoms with E-state index in [0.717, 1.165) is 26.1 Å². The van der Waals surface area contributed by atoms with Gasteiger partial charge in [-0.1, -0.05) is 47.1 Å². The monoisotopic (exact) mass is 323 g/mol. The Bertz CT molecular complexity index is 433. The number of ether oxygens (including phenoxy) is 1. The number of aryl methyl sites for hydroxylation is 1. The largest absolute Gasteiger partial charge is 0.381 e. The van der Waals surface area contributed by atoms with Crippen molar-refractivity contribution in [1.82, 2.24) is 4.98 Å². The molecule has 1 atom stereocenters. The normalized spacial score (nSPS) is 20.9. The van der Waals surface area contributed by atoms with Gasteiger partial charge < -0.3 is 4.74 Å². The molecule has 1 aromatic heterocycles. The molecule has 3 rings (SSSR count). The molecule has 0 bridgehead atoms. The van der Waals surface area contributed by atoms with Gasteiger partial charge in [-0.2, -0.15) is 0 Å². The Hall–Kier alpha value is -0.670. The van der Waals surface area contributed by atoms with Gasteiger partial charge in [-0.15, -0.1) is 11.3 Å². The molecule has 3 heteroatoms. The summed E-state index contributed by atoms with van der Waals surface area (Å²) in [4.78, 5) is 6.34. The first-order valence-electron chi connectivity index (χ1n) is 9.00. The zero-order valence-corrected chi connectivity index (χ0v) is 15.8. The van der Waals surface area contributed by atoms with Crippen LogP contribution in [0.1, 0.15) is 81.8 Å². The Labute approximate surface area is 141 Å². The van der Waals surface area contributed by atoms with Gasteiger partial charge in [0.05, 0.1) is 10.7 Å². The summed E-state index contributed by atoms with van der Waals surface area (Å²) in [6.45, 7) is 12.3. The summed E-state index contributed by atoms with van der Waals surface area (Å²) in [5.74, 6) is 1.34. The molecular formula is C19H33NOS. The first-order valence-corrected chi connectivity index (χ1v) is 9.81. The Kier molecular flexibility index (Phi) is 9.65. The minimum Gasteiger partial charge on any atom is -0.381 e. The Morgan fingerprint density at radius 3 is 2.45 bits per heavy atom. The van der Waals surface area contributed by atoms with Gasteiger partial charge in [-0.05, 0) is 37.7 Å². The highest BCUT2D eigenvalue weighted by Gasteiger charge is 2.21. The first kappa shape index (κ1) is 19.4. The standard InChI is InChI=1S/C14H19NOS.C3H8.C2H6/c1-10-2-4-12-13(5-3-10)17-14(15-12)11-6-8-16-9-7-11;1-3-2;1-2/h2,4,10-11H,3,5-9H2,1H3;3H2,1-2H3;1-2H3/t10-;;/m1../s1. The maximum absolute atomic E-state index is 5.42. The van der Waals surface area contributed by atoms with Gasteiger partial charge >= 0.3 is 0 Å². The van der Waals surface area contributed by atoms with E-state index in [4.69, 9.17) is 9.72 Å². The molecule has 126 valence electrons. The van der Waals surface area contributed by atoms with Crippen molar-refractivity contribution in [3.8, 4) is 0 Å². The zero-order chi connectivity index (χ0) is 16.4. The Balaban J connectivity index is 0.000000435. The summed E-state index contributed by atoms with van der Waals surface area (Å²) >= 11 is 1.94. The topological polar surface area (TPSA) is 22.1 Å². The SMILES string of the molecule is CC.CCC.C[C@@H]1C=Cc2nc(C3CCOCC3)sc2CC1. The van der Waals surface area contributed by atoms with Crippen molar-refractivity contribution >= 4 is 17.4 Å². The van der Waals surface area contributed by atoms with Crippen LogP contribution >= 0.6 is 11.3 Å². The van der Waals surface area contributed by atoms with Crippen LogP contribution < -0.4 is 0 Å². The van der Waals surface area contributed by atoms with E-state index in [1.807, 2.05) is 25.2 Å². The second-order valence-electron chi connectivity index (χ2n) is 5.83. The van der Waals surface area contributed by atoms with Crippen LogP contribution in [0.2, 0.25) is 0 Å². The molecule has 2 aliphatic rings. The van der Waals surface area contributed by atoms with E-state index in [2.05, 4.69) is 32.9 Å². The smallest absolute Gasteiger partial charge is 0.0967 e. The quantitative estimate of drug-likeness (QED) is 0.625. The minimum absolute atomic E-state index is 0.645. The van der Waals surface area contributed by atoms with E-state index >= 15 is 0 Å². The highest BCUT2D eigenvalue weighted by atomic mass is 32.1. The van der Waals surface area contributed by atoms with E-state index < -0.39 is 0 Å². The summed E-state index contributed by atoms with van der Waals surface area (Å²) in [5, 5.41) is 1.34. The van der Waals surface area contributed by atoms with Crippen LogP contribution in [-0.2, 0) is 11.2 Å². The molecule has 0 aromatic carbocycles. The van der Waals surface area contributed by atoms with Crippen LogP contribution in [0.4, 0.5) is 0 Å². The lowest BCUT2D eigenvalue weighted by molar-refractivity contribution is 0.0853. The minimum atomic E-state index is 0.645. The molecule has 0 spiro atoms. The van der Waals surface area contributed by atoms with Crippen molar-refractivity contribution in [1.29, 1.82) is 0 Å². The molecule has 1 saturated heterocycles. The van der Waals surface area contributed by atoms with Crippen LogP contribution in [-0.4, -0.2) is 18.2 Å². The van der Waals surface area contributed by atoms with E-state index in [1.165, 1.54) is 34.8 Å². The van der Waals surface area contributed by atoms with E-state index in [9.17, 15) is 0 Å². The second kappa shape index (κ2) is 11.0. The third-order valence-corrected chi connectivity index (χ3v) is 5.02. The number of aromatic nitrogens is 1. The predicted molar refractivity (Wildman–Crippen MR) is 98.7 cm³/mol. The lowest BCUT2D eigenvalue weighted by atomic mass is 10.0. The molecule has 0 amide bonds. The highest BCUT2D eigenvalue weighted by molar-refractivity contribution is 7.11. The molecule has 1 aromatic rings. The molecule has 1 aliphatic heterocycles. The van der Waals surface area contributed by atoms with Crippen molar-refractivity contribution < 1.29 is 4.74 Å². The molecular weight excluding hydrogens is 290 g/mol. The number of hydrogen-bond donors (Lipinski definition) is 0. The van der Waals surface area contributed by atoms with Crippen molar-refractivity contribution in [3.05, 3.63) is 21.7 Å². The van der Waals surface area contributed by atoms with Crippen LogP contribution in [0.15, 0.2) is 6.08 Å². The lowest BCUT2D eigenvalue weighted by Gasteiger charge is -2.19. The predicted octanol–water partition coefficient (Wildman–Crippen LogP) is 6.08. The molecule has 0 saturated carbocycles. The zero-order valence-electron chi connectivity index (χ0n) is 15.0. The average Bonchev–Trinajstić information content (AvgIpc) is 2.90. The molecule has 0 N–H and O–H groups in total. The van der Waals surface area contributed by atoms with Crippen molar-refractivity contribution in [2.75, 3.05) is 13.2 Å². The molecule has 1 fully saturated rings. The molecule has 1 aliphatic carbocycles. The Morgan fingerprint density at radius 2 is 1.82 bits per heavy atom. The van der Waals surface area contributed by atoms with Crippen LogP contribution in [0.3, 0.4) is 0 Å². The average molecular weight is 324 g/mol. The van der Waals surface area contributed by atoms with E-state index in [0.29, 0.717) is 11.8 Å². The van der Waals surface area contributed by atoms with Gasteiger partial charge in [0.2, 0.25) is 0 Å². The summed E-state index contributed by atoms with van der Waals surface area (Å²) in [7, 11) is 0. The third kappa shape index (κ3) is 5.85. The van der Waals surface area contributed by atoms with Gasteiger partial charge in [-0.25, -0.2) is 4.98 Å². The van der Waals surface area contributed by atoms with E-state index in [-0.39, 0.29) is 0 Å². The highest BCUT2D eigenvalue weighted by Crippen LogP contribution is 2.34. The van der Waals surface area contributed by atoms with Crippen LogP contribution in [0, 0.1) is 5.92 Å². The molecule has 22 heavy (non-hydrogen) atoms. The fourth-order valence-corrected chi connectivity index (χ4v) is 3.76. The van der Waals surface area contributed by atoms with Crippen LogP contribution in [0.25, 0.3) is 6.08 Å². The molecule has 0 unspecified atom stereocenters. The third-order valence-electron chi connectivity index (χ3n) is 3.72. The van der Waals surface area contributed by atoms with Gasteiger partial charge in [0.15, 0.2) is 0 Å². The Morgan fingerprint density at radius 1 is 1.18 bits per heavy atom. The molecule has 0 radical (unpaired) electrons. The van der Waals surface area contributed by atoms with Crippen molar-refractivity contribution in [3.63, 3.8) is 0 Å². The van der Waals surface area contributed by atoms with Gasteiger partial charge in [0.1, 0.15) is 0 Å². The molecule has 2 heterocycles.